The number of aliphatic hydroxyl groups excluding tert-OH is 1. The van der Waals surface area contributed by atoms with Gasteiger partial charge in [-0.2, -0.15) is 11.8 Å². The van der Waals surface area contributed by atoms with Crippen molar-refractivity contribution in [2.75, 3.05) is 32.5 Å². The third-order valence-corrected chi connectivity index (χ3v) is 4.09. The van der Waals surface area contributed by atoms with Gasteiger partial charge in [-0.1, -0.05) is 0 Å². The minimum atomic E-state index is -0.335. The van der Waals surface area contributed by atoms with Crippen molar-refractivity contribution in [3.63, 3.8) is 0 Å². The van der Waals surface area contributed by atoms with Gasteiger partial charge in [0.25, 0.3) is 0 Å². The molecule has 0 spiro atoms. The fraction of sp³-hybridized carbons (Fsp3) is 1.00. The van der Waals surface area contributed by atoms with Crippen molar-refractivity contribution in [2.45, 2.75) is 24.2 Å². The molecule has 0 aromatic carbocycles. The Hall–Kier alpha value is 0.960. The van der Waals surface area contributed by atoms with Gasteiger partial charge >= 0.3 is 0 Å². The van der Waals surface area contributed by atoms with Crippen molar-refractivity contribution in [3.05, 3.63) is 0 Å². The van der Waals surface area contributed by atoms with Crippen molar-refractivity contribution < 1.29 is 8.17 Å². The lowest BCUT2D eigenvalue weighted by atomic mass is 10.1. The number of aliphatic hydroxyl groups is 1. The van der Waals surface area contributed by atoms with Crippen LogP contribution in [0.3, 0.4) is 0 Å². The third-order valence-electron chi connectivity index (χ3n) is 2.59. The zero-order chi connectivity index (χ0) is 10.4. The largest absolute Gasteiger partial charge is 0.389 e. The molecular formula is C9H18INO2S. The quantitative estimate of drug-likeness (QED) is 0.775. The van der Waals surface area contributed by atoms with Crippen LogP contribution in [-0.2, 0) is 3.07 Å². The minimum Gasteiger partial charge on any atom is -0.389 e. The summed E-state index contributed by atoms with van der Waals surface area (Å²) in [5.41, 5.74) is 0. The third kappa shape index (κ3) is 4.65. The van der Waals surface area contributed by atoms with Crippen molar-refractivity contribution in [1.82, 2.24) is 4.90 Å². The first-order valence-electron chi connectivity index (χ1n) is 4.93. The van der Waals surface area contributed by atoms with E-state index in [4.69, 9.17) is 3.07 Å². The second-order valence-corrected chi connectivity index (χ2v) is 5.43. The van der Waals surface area contributed by atoms with Crippen LogP contribution >= 0.6 is 34.8 Å². The molecule has 1 heterocycles. The Morgan fingerprint density at radius 1 is 1.57 bits per heavy atom. The number of piperidine rings is 1. The lowest BCUT2D eigenvalue weighted by Crippen LogP contribution is -2.40. The molecule has 1 aliphatic heterocycles. The van der Waals surface area contributed by atoms with Gasteiger partial charge in [-0.15, -0.1) is 0 Å². The molecule has 0 aliphatic carbocycles. The first-order chi connectivity index (χ1) is 6.76. The van der Waals surface area contributed by atoms with Crippen molar-refractivity contribution in [1.29, 1.82) is 0 Å². The molecule has 0 aromatic rings. The number of hydrogen-bond donors (Lipinski definition) is 1. The van der Waals surface area contributed by atoms with Crippen LogP contribution in [0.25, 0.3) is 0 Å². The lowest BCUT2D eigenvalue weighted by Gasteiger charge is -2.32. The highest BCUT2D eigenvalue weighted by molar-refractivity contribution is 14.1. The van der Waals surface area contributed by atoms with Crippen LogP contribution < -0.4 is 0 Å². The summed E-state index contributed by atoms with van der Waals surface area (Å²) in [6.07, 6.45) is 4.34. The van der Waals surface area contributed by atoms with Crippen LogP contribution in [0.4, 0.5) is 0 Å². The standard InChI is InChI=1S/C9H18INO2S/c1-14-9-2-4-11(5-3-9)6-8(12)7-13-10/h8-9,12H,2-7H2,1H3. The summed E-state index contributed by atoms with van der Waals surface area (Å²) in [4.78, 5) is 2.33. The molecule has 0 amide bonds. The molecule has 3 nitrogen and oxygen atoms in total. The Labute approximate surface area is 104 Å². The fourth-order valence-electron chi connectivity index (χ4n) is 1.75. The van der Waals surface area contributed by atoms with Gasteiger partial charge in [-0.05, 0) is 32.2 Å². The van der Waals surface area contributed by atoms with Crippen LogP contribution in [0.5, 0.6) is 0 Å². The van der Waals surface area contributed by atoms with Crippen LogP contribution in [0.1, 0.15) is 12.8 Å². The second kappa shape index (κ2) is 7.27. The van der Waals surface area contributed by atoms with Gasteiger partial charge in [-0.25, -0.2) is 0 Å². The monoisotopic (exact) mass is 331 g/mol. The summed E-state index contributed by atoms with van der Waals surface area (Å²) >= 11 is 3.79. The Morgan fingerprint density at radius 2 is 2.21 bits per heavy atom. The van der Waals surface area contributed by atoms with Gasteiger partial charge in [-0.3, -0.25) is 0 Å². The summed E-state index contributed by atoms with van der Waals surface area (Å²) < 4.78 is 4.88. The molecule has 0 aromatic heterocycles. The van der Waals surface area contributed by atoms with E-state index in [1.165, 1.54) is 12.8 Å². The number of β-amino-alcohol motifs (C(OH)–C–C–N with tert-alkyl or cyclic N) is 1. The molecule has 1 aliphatic rings. The molecule has 1 atom stereocenters. The normalized spacial score (nSPS) is 22.5. The van der Waals surface area contributed by atoms with Crippen LogP contribution in [0.2, 0.25) is 0 Å². The highest BCUT2D eigenvalue weighted by Gasteiger charge is 2.19. The van der Waals surface area contributed by atoms with E-state index < -0.39 is 0 Å². The zero-order valence-electron chi connectivity index (χ0n) is 8.49. The zero-order valence-corrected chi connectivity index (χ0v) is 11.5. The predicted octanol–water partition coefficient (Wildman–Crippen LogP) is 1.54. The first-order valence-corrected chi connectivity index (χ1v) is 7.10. The van der Waals surface area contributed by atoms with Gasteiger partial charge in [0.05, 0.1) is 12.7 Å². The van der Waals surface area contributed by atoms with Gasteiger partial charge in [0, 0.05) is 11.8 Å². The summed E-state index contributed by atoms with van der Waals surface area (Å²) in [5, 5.41) is 10.4. The molecular weight excluding hydrogens is 313 g/mol. The van der Waals surface area contributed by atoms with E-state index in [0.29, 0.717) is 6.61 Å². The minimum absolute atomic E-state index is 0.335. The Kier molecular flexibility index (Phi) is 6.76. The first kappa shape index (κ1) is 13.0. The van der Waals surface area contributed by atoms with Crippen LogP contribution in [0, 0.1) is 0 Å². The average Bonchev–Trinajstić information content (AvgIpc) is 2.19. The predicted molar refractivity (Wildman–Crippen MR) is 69.0 cm³/mol. The van der Waals surface area contributed by atoms with Gasteiger partial charge in [0.1, 0.15) is 23.0 Å². The molecule has 1 unspecified atom stereocenters. The number of hydrogen-bond acceptors (Lipinski definition) is 4. The molecule has 84 valence electrons. The van der Waals surface area contributed by atoms with E-state index in [9.17, 15) is 5.11 Å². The topological polar surface area (TPSA) is 32.7 Å². The van der Waals surface area contributed by atoms with E-state index in [2.05, 4.69) is 11.2 Å². The van der Waals surface area contributed by atoms with E-state index in [1.807, 2.05) is 34.8 Å². The molecule has 1 rings (SSSR count). The summed E-state index contributed by atoms with van der Waals surface area (Å²) in [7, 11) is 0. The molecule has 14 heavy (non-hydrogen) atoms. The lowest BCUT2D eigenvalue weighted by molar-refractivity contribution is 0.0753. The molecule has 1 saturated heterocycles. The molecule has 0 bridgehead atoms. The summed E-state index contributed by atoms with van der Waals surface area (Å²) in [5.74, 6) is 0. The van der Waals surface area contributed by atoms with Crippen molar-refractivity contribution in [2.24, 2.45) is 0 Å². The van der Waals surface area contributed by atoms with E-state index >= 15 is 0 Å². The molecule has 1 fully saturated rings. The number of halogens is 1. The van der Waals surface area contributed by atoms with Crippen molar-refractivity contribution >= 4 is 34.8 Å². The highest BCUT2D eigenvalue weighted by atomic mass is 127. The van der Waals surface area contributed by atoms with Crippen molar-refractivity contribution in [3.8, 4) is 0 Å². The second-order valence-electron chi connectivity index (χ2n) is 3.67. The number of likely N-dealkylation sites (tertiary alicyclic amines) is 1. The molecule has 1 N–H and O–H groups in total. The van der Waals surface area contributed by atoms with Gasteiger partial charge < -0.3 is 13.1 Å². The number of rotatable bonds is 5. The van der Waals surface area contributed by atoms with E-state index in [-0.39, 0.29) is 6.10 Å². The molecule has 0 saturated carbocycles. The molecule has 5 heteroatoms. The molecule has 0 radical (unpaired) electrons. The highest BCUT2D eigenvalue weighted by Crippen LogP contribution is 2.20. The van der Waals surface area contributed by atoms with Gasteiger partial charge in [0.2, 0.25) is 0 Å². The summed E-state index contributed by atoms with van der Waals surface area (Å²) in [6.45, 7) is 3.42. The van der Waals surface area contributed by atoms with E-state index in [0.717, 1.165) is 24.9 Å². The number of thioether (sulfide) groups is 1. The van der Waals surface area contributed by atoms with Crippen LogP contribution in [0.15, 0.2) is 0 Å². The SMILES string of the molecule is CSC1CCN(CC(O)COI)CC1. The van der Waals surface area contributed by atoms with E-state index in [1.54, 1.807) is 0 Å². The Bertz CT molecular complexity index is 154. The maximum absolute atomic E-state index is 9.55. The Balaban J connectivity index is 2.15. The maximum atomic E-state index is 9.55. The summed E-state index contributed by atoms with van der Waals surface area (Å²) in [6, 6.07) is 0. The Morgan fingerprint density at radius 3 is 2.71 bits per heavy atom. The average molecular weight is 331 g/mol. The fourth-order valence-corrected chi connectivity index (χ4v) is 2.85. The smallest absolute Gasteiger partial charge is 0.109 e. The number of nitrogens with zero attached hydrogens (tertiary/aromatic N) is 1. The van der Waals surface area contributed by atoms with Gasteiger partial charge in [0.15, 0.2) is 0 Å². The van der Waals surface area contributed by atoms with Crippen LogP contribution in [-0.4, -0.2) is 53.9 Å². The maximum Gasteiger partial charge on any atom is 0.109 e.